The molecule has 4 N–H and O–H groups in total. The zero-order chi connectivity index (χ0) is 18.9. The van der Waals surface area contributed by atoms with Crippen LogP contribution in [0.3, 0.4) is 0 Å². The predicted molar refractivity (Wildman–Crippen MR) is 107 cm³/mol. The summed E-state index contributed by atoms with van der Waals surface area (Å²) in [7, 11) is 1.33. The number of anilines is 2. The summed E-state index contributed by atoms with van der Waals surface area (Å²) in [5, 5.41) is 5.86. The van der Waals surface area contributed by atoms with Crippen molar-refractivity contribution in [3.8, 4) is 0 Å². The van der Waals surface area contributed by atoms with E-state index in [4.69, 9.17) is 5.73 Å². The lowest BCUT2D eigenvalue weighted by Gasteiger charge is -2.14. The summed E-state index contributed by atoms with van der Waals surface area (Å²) in [6, 6.07) is 13.6. The first kappa shape index (κ1) is 19.3. The lowest BCUT2D eigenvalue weighted by Crippen LogP contribution is -2.24. The molecule has 0 fully saturated rings. The molecule has 0 bridgehead atoms. The number of carbonyl (C=O) groups is 1. The molecule has 0 aliphatic carbocycles. The number of para-hydroxylation sites is 1. The number of hydrogen-bond acceptors (Lipinski definition) is 3. The van der Waals surface area contributed by atoms with E-state index in [1.807, 2.05) is 12.1 Å². The highest BCUT2D eigenvalue weighted by Gasteiger charge is 2.07. The molecule has 0 saturated heterocycles. The summed E-state index contributed by atoms with van der Waals surface area (Å²) in [4.78, 5) is 15.6. The highest BCUT2D eigenvalue weighted by Crippen LogP contribution is 2.22. The highest BCUT2D eigenvalue weighted by molar-refractivity contribution is 5.93. The zero-order valence-corrected chi connectivity index (χ0v) is 15.5. The van der Waals surface area contributed by atoms with E-state index >= 15 is 0 Å². The molecule has 138 valence electrons. The Hall–Kier alpha value is -3.02. The predicted octanol–water partition coefficient (Wildman–Crippen LogP) is 3.92. The fourth-order valence-corrected chi connectivity index (χ4v) is 2.61. The Kier molecular flexibility index (Phi) is 7.02. The zero-order valence-electron chi connectivity index (χ0n) is 15.5. The van der Waals surface area contributed by atoms with E-state index in [2.05, 4.69) is 52.4 Å². The SMILES string of the molecule is CCc1cccc(CC)c1NC(N)=NCc1ccc(NC(=O)OC)cc1. The van der Waals surface area contributed by atoms with Crippen molar-refractivity contribution in [2.24, 2.45) is 10.7 Å². The number of ether oxygens (including phenoxy) is 1. The molecule has 1 amide bonds. The maximum absolute atomic E-state index is 11.2. The third kappa shape index (κ3) is 5.24. The van der Waals surface area contributed by atoms with Crippen LogP contribution in [0, 0.1) is 0 Å². The van der Waals surface area contributed by atoms with Crippen LogP contribution in [0.25, 0.3) is 0 Å². The Balaban J connectivity index is 2.04. The number of nitrogens with one attached hydrogen (secondary N) is 2. The Morgan fingerprint density at radius 2 is 1.65 bits per heavy atom. The Labute approximate surface area is 154 Å². The average molecular weight is 354 g/mol. The van der Waals surface area contributed by atoms with Crippen LogP contribution in [0.4, 0.5) is 16.2 Å². The second kappa shape index (κ2) is 9.46. The molecular formula is C20H26N4O2. The fraction of sp³-hybridized carbons (Fsp3) is 0.300. The Morgan fingerprint density at radius 1 is 1.04 bits per heavy atom. The van der Waals surface area contributed by atoms with Gasteiger partial charge in [-0.1, -0.05) is 44.2 Å². The van der Waals surface area contributed by atoms with Gasteiger partial charge in [0.05, 0.1) is 13.7 Å². The van der Waals surface area contributed by atoms with Crippen LogP contribution < -0.4 is 16.4 Å². The van der Waals surface area contributed by atoms with Crippen LogP contribution in [-0.4, -0.2) is 19.2 Å². The second-order valence-electron chi connectivity index (χ2n) is 5.80. The Bertz CT molecular complexity index is 748. The normalized spacial score (nSPS) is 11.1. The molecule has 0 radical (unpaired) electrons. The van der Waals surface area contributed by atoms with Crippen LogP contribution in [-0.2, 0) is 24.1 Å². The van der Waals surface area contributed by atoms with E-state index < -0.39 is 6.09 Å². The van der Waals surface area contributed by atoms with Crippen LogP contribution >= 0.6 is 0 Å². The quantitative estimate of drug-likeness (QED) is 0.542. The summed E-state index contributed by atoms with van der Waals surface area (Å²) in [6.45, 7) is 4.70. The number of benzene rings is 2. The van der Waals surface area contributed by atoms with Crippen molar-refractivity contribution < 1.29 is 9.53 Å². The van der Waals surface area contributed by atoms with E-state index in [0.29, 0.717) is 18.2 Å². The molecule has 2 aromatic rings. The van der Waals surface area contributed by atoms with Crippen molar-refractivity contribution >= 4 is 23.4 Å². The van der Waals surface area contributed by atoms with Gasteiger partial charge in [-0.15, -0.1) is 0 Å². The van der Waals surface area contributed by atoms with Crippen molar-refractivity contribution in [2.75, 3.05) is 17.7 Å². The van der Waals surface area contributed by atoms with Gasteiger partial charge in [-0.05, 0) is 41.7 Å². The van der Waals surface area contributed by atoms with E-state index in [9.17, 15) is 4.79 Å². The number of rotatable bonds is 6. The summed E-state index contributed by atoms with van der Waals surface area (Å²) < 4.78 is 4.56. The molecule has 0 heterocycles. The van der Waals surface area contributed by atoms with Crippen molar-refractivity contribution in [1.82, 2.24) is 0 Å². The maximum Gasteiger partial charge on any atom is 0.411 e. The van der Waals surface area contributed by atoms with Gasteiger partial charge in [0.15, 0.2) is 5.96 Å². The minimum Gasteiger partial charge on any atom is -0.453 e. The number of hydrogen-bond donors (Lipinski definition) is 3. The molecule has 0 spiro atoms. The van der Waals surface area contributed by atoms with Crippen LogP contribution in [0.2, 0.25) is 0 Å². The molecule has 0 aliphatic heterocycles. The molecule has 6 nitrogen and oxygen atoms in total. The third-order valence-corrected chi connectivity index (χ3v) is 4.07. The van der Waals surface area contributed by atoms with Gasteiger partial charge in [-0.2, -0.15) is 0 Å². The lowest BCUT2D eigenvalue weighted by molar-refractivity contribution is 0.187. The maximum atomic E-state index is 11.2. The number of methoxy groups -OCH3 is 1. The molecule has 0 saturated carbocycles. The second-order valence-corrected chi connectivity index (χ2v) is 5.80. The third-order valence-electron chi connectivity index (χ3n) is 4.07. The largest absolute Gasteiger partial charge is 0.453 e. The highest BCUT2D eigenvalue weighted by atomic mass is 16.5. The van der Waals surface area contributed by atoms with E-state index in [0.717, 1.165) is 24.1 Å². The van der Waals surface area contributed by atoms with Crippen molar-refractivity contribution in [3.63, 3.8) is 0 Å². The van der Waals surface area contributed by atoms with E-state index in [1.54, 1.807) is 12.1 Å². The first-order chi connectivity index (χ1) is 12.6. The number of aryl methyl sites for hydroxylation is 2. The topological polar surface area (TPSA) is 88.7 Å². The number of aliphatic imine (C=N–C) groups is 1. The minimum absolute atomic E-state index is 0.386. The summed E-state index contributed by atoms with van der Waals surface area (Å²) in [5.41, 5.74) is 11.2. The summed E-state index contributed by atoms with van der Waals surface area (Å²) in [6.07, 6.45) is 1.36. The number of amides is 1. The number of nitrogens with two attached hydrogens (primary N) is 1. The molecule has 0 atom stereocenters. The van der Waals surface area contributed by atoms with E-state index in [-0.39, 0.29) is 0 Å². The molecule has 6 heteroatoms. The smallest absolute Gasteiger partial charge is 0.411 e. The number of guanidine groups is 1. The van der Waals surface area contributed by atoms with Gasteiger partial charge in [-0.25, -0.2) is 9.79 Å². The molecule has 2 aromatic carbocycles. The van der Waals surface area contributed by atoms with Gasteiger partial charge < -0.3 is 15.8 Å². The van der Waals surface area contributed by atoms with Crippen molar-refractivity contribution in [1.29, 1.82) is 0 Å². The first-order valence-corrected chi connectivity index (χ1v) is 8.69. The molecule has 0 aromatic heterocycles. The van der Waals surface area contributed by atoms with Crippen molar-refractivity contribution in [2.45, 2.75) is 33.2 Å². The fourth-order valence-electron chi connectivity index (χ4n) is 2.61. The molecule has 2 rings (SSSR count). The minimum atomic E-state index is -0.495. The van der Waals surface area contributed by atoms with Gasteiger partial charge in [-0.3, -0.25) is 5.32 Å². The van der Waals surface area contributed by atoms with Gasteiger partial charge in [0, 0.05) is 11.4 Å². The lowest BCUT2D eigenvalue weighted by atomic mass is 10.0. The van der Waals surface area contributed by atoms with Gasteiger partial charge in [0.25, 0.3) is 0 Å². The molecule has 26 heavy (non-hydrogen) atoms. The summed E-state index contributed by atoms with van der Waals surface area (Å²) in [5.74, 6) is 0.386. The average Bonchev–Trinajstić information content (AvgIpc) is 2.67. The van der Waals surface area contributed by atoms with E-state index in [1.165, 1.54) is 18.2 Å². The van der Waals surface area contributed by atoms with Gasteiger partial charge in [0.1, 0.15) is 0 Å². The first-order valence-electron chi connectivity index (χ1n) is 8.69. The number of carbonyl (C=O) groups excluding carboxylic acids is 1. The van der Waals surface area contributed by atoms with Crippen LogP contribution in [0.5, 0.6) is 0 Å². The molecule has 0 aliphatic rings. The summed E-state index contributed by atoms with van der Waals surface area (Å²) >= 11 is 0. The standard InChI is InChI=1S/C20H26N4O2/c1-4-15-7-6-8-16(5-2)18(15)24-19(21)22-13-14-9-11-17(12-10-14)23-20(25)26-3/h6-12H,4-5,13H2,1-3H3,(H,23,25)(H3,21,22,24). The monoisotopic (exact) mass is 354 g/mol. The Morgan fingerprint density at radius 3 is 2.19 bits per heavy atom. The molecule has 0 unspecified atom stereocenters. The van der Waals surface area contributed by atoms with Crippen LogP contribution in [0.15, 0.2) is 47.5 Å². The van der Waals surface area contributed by atoms with Gasteiger partial charge >= 0.3 is 6.09 Å². The van der Waals surface area contributed by atoms with Crippen LogP contribution in [0.1, 0.15) is 30.5 Å². The van der Waals surface area contributed by atoms with Crippen molar-refractivity contribution in [3.05, 3.63) is 59.2 Å². The number of nitrogens with zero attached hydrogens (tertiary/aromatic N) is 1. The molecular weight excluding hydrogens is 328 g/mol. The van der Waals surface area contributed by atoms with Gasteiger partial charge in [0.2, 0.25) is 0 Å².